The van der Waals surface area contributed by atoms with Crippen LogP contribution >= 0.6 is 15.9 Å². The summed E-state index contributed by atoms with van der Waals surface area (Å²) in [5.74, 6) is 0. The summed E-state index contributed by atoms with van der Waals surface area (Å²) in [5, 5.41) is 10.4. The summed E-state index contributed by atoms with van der Waals surface area (Å²) in [6.45, 7) is -5.13. The summed E-state index contributed by atoms with van der Waals surface area (Å²) < 4.78 is 36.5. The maximum atomic E-state index is 12.1. The maximum Gasteiger partial charge on any atom is 1.00 e. The van der Waals surface area contributed by atoms with Crippen molar-refractivity contribution < 1.29 is 69.3 Å². The number of pyridine rings is 1. The quantitative estimate of drug-likeness (QED) is 0.399. The van der Waals surface area contributed by atoms with E-state index in [1.165, 1.54) is 0 Å². The number of aromatic nitrogens is 1. The van der Waals surface area contributed by atoms with E-state index in [4.69, 9.17) is 0 Å². The van der Waals surface area contributed by atoms with Crippen LogP contribution in [0, 0.1) is 10.1 Å². The molecule has 0 fully saturated rings. The number of nitrogens with zero attached hydrogens (tertiary/aromatic N) is 2. The fourth-order valence-electron chi connectivity index (χ4n) is 1.05. The van der Waals surface area contributed by atoms with Gasteiger partial charge in [-0.1, -0.05) is 0 Å². The Bertz CT molecular complexity index is 492. The van der Waals surface area contributed by atoms with Crippen molar-refractivity contribution in [2.75, 3.05) is 0 Å². The zero-order chi connectivity index (χ0) is 12.5. The Kier molecular flexibility index (Phi) is 6.60. The first kappa shape index (κ1) is 17.3. The normalized spacial score (nSPS) is 10.8. The van der Waals surface area contributed by atoms with E-state index in [1.54, 1.807) is 0 Å². The average Bonchev–Trinajstić information content (AvgIpc) is 2.07. The number of nitro groups is 1. The number of hydrogen-bond donors (Lipinski definition) is 0. The molecule has 1 rings (SSSR count). The molecular weight excluding hydrogens is 335 g/mol. The molecule has 0 unspecified atom stereocenters. The first-order valence-electron chi connectivity index (χ1n) is 3.95. The van der Waals surface area contributed by atoms with Crippen molar-refractivity contribution in [3.05, 3.63) is 37.2 Å². The van der Waals surface area contributed by atoms with E-state index >= 15 is 0 Å². The molecule has 88 valence electrons. The van der Waals surface area contributed by atoms with Crippen molar-refractivity contribution in [2.45, 2.75) is 6.44 Å². The smallest absolute Gasteiger partial charge is 0.448 e. The molecular formula is C6H4BBrF3KN2O3. The van der Waals surface area contributed by atoms with Gasteiger partial charge < -0.3 is 17.5 Å². The topological polar surface area (TPSA) is 65.1 Å². The molecule has 0 aromatic carbocycles. The van der Waals surface area contributed by atoms with Crippen molar-refractivity contribution in [3.8, 4) is 0 Å². The SMILES string of the molecule is O=c1c(Br)cn(C[B-](F)(F)F)cc1[N+](=O)[O-].[K+]. The van der Waals surface area contributed by atoms with Gasteiger partial charge in [0, 0.05) is 6.20 Å². The molecule has 1 aromatic rings. The molecule has 0 aliphatic carbocycles. The molecule has 0 aliphatic heterocycles. The van der Waals surface area contributed by atoms with Crippen molar-refractivity contribution in [2.24, 2.45) is 0 Å². The van der Waals surface area contributed by atoms with Crippen LogP contribution < -0.4 is 56.8 Å². The minimum absolute atomic E-state index is 0. The van der Waals surface area contributed by atoms with Crippen molar-refractivity contribution >= 4 is 28.6 Å². The largest absolute Gasteiger partial charge is 1.00 e. The van der Waals surface area contributed by atoms with Gasteiger partial charge in [0.1, 0.15) is 0 Å². The van der Waals surface area contributed by atoms with Gasteiger partial charge in [-0.15, -0.1) is 0 Å². The minimum atomic E-state index is -5.13. The van der Waals surface area contributed by atoms with Crippen LogP contribution in [0.4, 0.5) is 18.6 Å². The van der Waals surface area contributed by atoms with E-state index < -0.39 is 29.5 Å². The summed E-state index contributed by atoms with van der Waals surface area (Å²) in [5.41, 5.74) is -1.84. The zero-order valence-electron chi connectivity index (χ0n) is 8.57. The standard InChI is InChI=1S/C6H4BBrF3N2O3.K/c8-4-1-12(3-7(9,10)11)2-5(6(4)14)13(15)16;/h1-2H,3H2;/q-1;+1. The first-order chi connectivity index (χ1) is 7.20. The van der Waals surface area contributed by atoms with Gasteiger partial charge in [-0.3, -0.25) is 14.9 Å². The molecule has 1 heterocycles. The third kappa shape index (κ3) is 5.22. The van der Waals surface area contributed by atoms with Gasteiger partial charge >= 0.3 is 64.0 Å². The van der Waals surface area contributed by atoms with Crippen LogP contribution in [-0.2, 0) is 6.44 Å². The van der Waals surface area contributed by atoms with E-state index in [9.17, 15) is 27.9 Å². The van der Waals surface area contributed by atoms with E-state index in [2.05, 4.69) is 15.9 Å². The van der Waals surface area contributed by atoms with Crippen molar-refractivity contribution in [1.82, 2.24) is 4.57 Å². The maximum absolute atomic E-state index is 12.1. The molecule has 0 saturated carbocycles. The molecule has 5 nitrogen and oxygen atoms in total. The zero-order valence-corrected chi connectivity index (χ0v) is 13.3. The van der Waals surface area contributed by atoms with Crippen molar-refractivity contribution in [1.29, 1.82) is 0 Å². The summed E-state index contributed by atoms with van der Waals surface area (Å²) in [6, 6.07) is 0. The van der Waals surface area contributed by atoms with Gasteiger partial charge in [0.15, 0.2) is 0 Å². The summed E-state index contributed by atoms with van der Waals surface area (Å²) >= 11 is 2.67. The molecule has 0 bridgehead atoms. The van der Waals surface area contributed by atoms with Gasteiger partial charge in [0.05, 0.1) is 15.6 Å². The predicted molar refractivity (Wildman–Crippen MR) is 54.1 cm³/mol. The molecule has 0 radical (unpaired) electrons. The third-order valence-corrected chi connectivity index (χ3v) is 2.20. The second-order valence-corrected chi connectivity index (χ2v) is 3.84. The summed E-state index contributed by atoms with van der Waals surface area (Å²) in [4.78, 5) is 20.5. The summed E-state index contributed by atoms with van der Waals surface area (Å²) in [7, 11) is 0. The number of rotatable bonds is 3. The fourth-order valence-corrected chi connectivity index (χ4v) is 1.52. The van der Waals surface area contributed by atoms with E-state index in [0.29, 0.717) is 10.8 Å². The van der Waals surface area contributed by atoms with E-state index in [0.717, 1.165) is 6.20 Å². The Balaban J connectivity index is 0.00000256. The average molecular weight is 339 g/mol. The van der Waals surface area contributed by atoms with E-state index in [-0.39, 0.29) is 55.9 Å². The molecule has 0 spiro atoms. The van der Waals surface area contributed by atoms with Gasteiger partial charge in [0.25, 0.3) is 5.43 Å². The third-order valence-electron chi connectivity index (χ3n) is 1.63. The second kappa shape index (κ2) is 6.48. The van der Waals surface area contributed by atoms with Gasteiger partial charge in [-0.05, 0) is 22.4 Å². The Morgan fingerprint density at radius 1 is 1.41 bits per heavy atom. The van der Waals surface area contributed by atoms with E-state index in [1.807, 2.05) is 0 Å². The second-order valence-electron chi connectivity index (χ2n) is 2.98. The van der Waals surface area contributed by atoms with Gasteiger partial charge in [-0.2, -0.15) is 0 Å². The molecule has 0 amide bonds. The minimum Gasteiger partial charge on any atom is -0.448 e. The Hall–Kier alpha value is 0.321. The fraction of sp³-hybridized carbons (Fsp3) is 0.167. The number of hydrogen-bond acceptors (Lipinski definition) is 3. The molecule has 17 heavy (non-hydrogen) atoms. The van der Waals surface area contributed by atoms with Crippen LogP contribution in [0.25, 0.3) is 0 Å². The Morgan fingerprint density at radius 2 is 1.94 bits per heavy atom. The molecule has 0 saturated heterocycles. The van der Waals surface area contributed by atoms with Crippen LogP contribution in [0.15, 0.2) is 21.7 Å². The monoisotopic (exact) mass is 338 g/mol. The van der Waals surface area contributed by atoms with Crippen LogP contribution in [0.3, 0.4) is 0 Å². The van der Waals surface area contributed by atoms with Gasteiger partial charge in [0.2, 0.25) is 0 Å². The molecule has 11 heteroatoms. The van der Waals surface area contributed by atoms with Crippen LogP contribution in [0.1, 0.15) is 0 Å². The van der Waals surface area contributed by atoms with Crippen LogP contribution in [-0.4, -0.2) is 16.5 Å². The Morgan fingerprint density at radius 3 is 2.35 bits per heavy atom. The molecule has 1 aromatic heterocycles. The molecule has 0 N–H and O–H groups in total. The first-order valence-corrected chi connectivity index (χ1v) is 4.75. The Labute approximate surface area is 144 Å². The van der Waals surface area contributed by atoms with Crippen LogP contribution in [0.5, 0.6) is 0 Å². The van der Waals surface area contributed by atoms with Crippen LogP contribution in [0.2, 0.25) is 0 Å². The molecule has 0 aliphatic rings. The predicted octanol–water partition coefficient (Wildman–Crippen LogP) is -1.09. The molecule has 0 atom stereocenters. The van der Waals surface area contributed by atoms with Gasteiger partial charge in [-0.25, -0.2) is 0 Å². The van der Waals surface area contributed by atoms with Crippen molar-refractivity contribution in [3.63, 3.8) is 0 Å². The number of halogens is 4. The summed E-state index contributed by atoms with van der Waals surface area (Å²) in [6.07, 6.45) is 0.104.